The van der Waals surface area contributed by atoms with Crippen LogP contribution in [0.1, 0.15) is 48.2 Å². The van der Waals surface area contributed by atoms with Crippen LogP contribution >= 0.6 is 0 Å². The Morgan fingerprint density at radius 1 is 0.929 bits per heavy atom. The van der Waals surface area contributed by atoms with E-state index in [9.17, 15) is 4.79 Å². The van der Waals surface area contributed by atoms with Gasteiger partial charge >= 0.3 is 0 Å². The second-order valence-electron chi connectivity index (χ2n) is 7.97. The molecule has 4 rings (SSSR count). The van der Waals surface area contributed by atoms with Crippen LogP contribution in [-0.4, -0.2) is 58.1 Å². The number of carbonyl (C=O) groups is 1. The van der Waals surface area contributed by atoms with Gasteiger partial charge < -0.3 is 10.6 Å². The van der Waals surface area contributed by atoms with Crippen molar-refractivity contribution >= 4 is 5.91 Å². The van der Waals surface area contributed by atoms with Crippen molar-refractivity contribution in [3.05, 3.63) is 47.7 Å². The molecule has 0 saturated carbocycles. The number of likely N-dealkylation sites (tertiary alicyclic amines) is 2. The second-order valence-corrected chi connectivity index (χ2v) is 7.97. The van der Waals surface area contributed by atoms with Crippen LogP contribution in [0.5, 0.6) is 0 Å². The molecule has 0 unspecified atom stereocenters. The third-order valence-electron chi connectivity index (χ3n) is 5.82. The van der Waals surface area contributed by atoms with Crippen LogP contribution in [0.3, 0.4) is 0 Å². The molecule has 2 saturated heterocycles. The lowest BCUT2D eigenvalue weighted by atomic mass is 10.1. The number of aromatic nitrogens is 2. The third-order valence-corrected chi connectivity index (χ3v) is 5.82. The Morgan fingerprint density at radius 2 is 1.64 bits per heavy atom. The van der Waals surface area contributed by atoms with Crippen molar-refractivity contribution in [3.63, 3.8) is 0 Å². The molecule has 1 aromatic heterocycles. The molecule has 0 radical (unpaired) electrons. The smallest absolute Gasteiger partial charge is 0.274 e. The number of benzene rings is 1. The first-order chi connectivity index (χ1) is 13.7. The average Bonchev–Trinajstić information content (AvgIpc) is 2.75. The quantitative estimate of drug-likeness (QED) is 0.884. The number of hydrogen-bond acceptors (Lipinski definition) is 5. The average molecular weight is 380 g/mol. The van der Waals surface area contributed by atoms with Gasteiger partial charge in [-0.25, -0.2) is 0 Å². The van der Waals surface area contributed by atoms with Crippen LogP contribution in [0.25, 0.3) is 11.3 Å². The van der Waals surface area contributed by atoms with E-state index in [1.54, 1.807) is 6.07 Å². The molecule has 2 aliphatic heterocycles. The first-order valence-electron chi connectivity index (χ1n) is 10.4. The largest absolute Gasteiger partial charge is 0.337 e. The van der Waals surface area contributed by atoms with Crippen LogP contribution < -0.4 is 5.73 Å². The molecule has 2 N–H and O–H groups in total. The molecule has 148 valence electrons. The molecule has 1 amide bonds. The second kappa shape index (κ2) is 8.80. The molecule has 0 aliphatic carbocycles. The lowest BCUT2D eigenvalue weighted by Gasteiger charge is -2.29. The van der Waals surface area contributed by atoms with Crippen molar-refractivity contribution < 1.29 is 4.79 Å². The Morgan fingerprint density at radius 3 is 2.29 bits per heavy atom. The fourth-order valence-electron chi connectivity index (χ4n) is 4.02. The monoisotopic (exact) mass is 379 g/mol. The fraction of sp³-hybridized carbons (Fsp3) is 0.500. The molecule has 2 fully saturated rings. The number of hydrogen-bond donors (Lipinski definition) is 1. The van der Waals surface area contributed by atoms with Crippen molar-refractivity contribution in [1.82, 2.24) is 20.0 Å². The summed E-state index contributed by atoms with van der Waals surface area (Å²) < 4.78 is 0. The van der Waals surface area contributed by atoms with Gasteiger partial charge in [-0.15, -0.1) is 10.2 Å². The Balaban J connectivity index is 1.38. The highest BCUT2D eigenvalue weighted by molar-refractivity contribution is 5.92. The minimum absolute atomic E-state index is 0.0529. The predicted molar refractivity (Wildman–Crippen MR) is 110 cm³/mol. The van der Waals surface area contributed by atoms with E-state index in [1.165, 1.54) is 37.9 Å². The van der Waals surface area contributed by atoms with Crippen molar-refractivity contribution in [2.45, 2.75) is 44.7 Å². The highest BCUT2D eigenvalue weighted by Crippen LogP contribution is 2.20. The molecule has 3 heterocycles. The maximum Gasteiger partial charge on any atom is 0.274 e. The van der Waals surface area contributed by atoms with E-state index in [1.807, 2.05) is 11.0 Å². The van der Waals surface area contributed by atoms with Gasteiger partial charge in [0.1, 0.15) is 0 Å². The van der Waals surface area contributed by atoms with Crippen LogP contribution in [0.4, 0.5) is 0 Å². The zero-order chi connectivity index (χ0) is 19.3. The number of piperidine rings is 2. The Kier molecular flexibility index (Phi) is 5.98. The van der Waals surface area contributed by atoms with E-state index < -0.39 is 0 Å². The van der Waals surface area contributed by atoms with Crippen LogP contribution in [0.15, 0.2) is 36.4 Å². The molecule has 6 nitrogen and oxygen atoms in total. The lowest BCUT2D eigenvalue weighted by molar-refractivity contribution is 0.0707. The van der Waals surface area contributed by atoms with Crippen molar-refractivity contribution in [2.24, 2.45) is 5.73 Å². The molecule has 0 spiro atoms. The van der Waals surface area contributed by atoms with Crippen LogP contribution in [-0.2, 0) is 6.54 Å². The third kappa shape index (κ3) is 4.56. The zero-order valence-electron chi connectivity index (χ0n) is 16.4. The predicted octanol–water partition coefficient (Wildman–Crippen LogP) is 2.69. The molecule has 28 heavy (non-hydrogen) atoms. The Bertz CT molecular complexity index is 776. The normalized spacial score (nSPS) is 19.0. The minimum Gasteiger partial charge on any atom is -0.337 e. The maximum absolute atomic E-state index is 12.6. The van der Waals surface area contributed by atoms with E-state index >= 15 is 0 Å². The summed E-state index contributed by atoms with van der Waals surface area (Å²) in [5.41, 5.74) is 9.46. The number of nitrogens with two attached hydrogens (primary N) is 1. The molecular formula is C22H29N5O. The Hall–Kier alpha value is -2.31. The van der Waals surface area contributed by atoms with Gasteiger partial charge in [-0.2, -0.15) is 0 Å². The molecule has 6 heteroatoms. The molecular weight excluding hydrogens is 350 g/mol. The topological polar surface area (TPSA) is 75.3 Å². The first-order valence-corrected chi connectivity index (χ1v) is 10.4. The van der Waals surface area contributed by atoms with E-state index in [2.05, 4.69) is 39.4 Å². The van der Waals surface area contributed by atoms with Gasteiger partial charge in [0, 0.05) is 31.2 Å². The summed E-state index contributed by atoms with van der Waals surface area (Å²) in [5, 5.41) is 8.48. The number of carbonyl (C=O) groups excluding carboxylic acids is 1. The highest BCUT2D eigenvalue weighted by atomic mass is 16.2. The molecule has 0 bridgehead atoms. The summed E-state index contributed by atoms with van der Waals surface area (Å²) in [6.07, 6.45) is 5.67. The van der Waals surface area contributed by atoms with Crippen molar-refractivity contribution in [2.75, 3.05) is 26.2 Å². The van der Waals surface area contributed by atoms with Crippen LogP contribution in [0.2, 0.25) is 0 Å². The number of amides is 1. The SMILES string of the molecule is NC1CCN(C(=O)c2ccc(-c3ccc(CN4CCCCC4)cc3)nn2)CC1. The molecule has 0 atom stereocenters. The summed E-state index contributed by atoms with van der Waals surface area (Å²) >= 11 is 0. The molecule has 1 aromatic carbocycles. The van der Waals surface area contributed by atoms with Crippen molar-refractivity contribution in [1.29, 1.82) is 0 Å². The molecule has 2 aliphatic rings. The van der Waals surface area contributed by atoms with E-state index in [-0.39, 0.29) is 11.9 Å². The van der Waals surface area contributed by atoms with Gasteiger partial charge in [0.05, 0.1) is 5.69 Å². The van der Waals surface area contributed by atoms with Gasteiger partial charge in [-0.3, -0.25) is 9.69 Å². The van der Waals surface area contributed by atoms with Gasteiger partial charge in [0.15, 0.2) is 5.69 Å². The Labute approximate surface area is 166 Å². The van der Waals surface area contributed by atoms with E-state index in [0.717, 1.165) is 30.6 Å². The lowest BCUT2D eigenvalue weighted by Crippen LogP contribution is -2.43. The van der Waals surface area contributed by atoms with Gasteiger partial charge in [0.2, 0.25) is 0 Å². The summed E-state index contributed by atoms with van der Waals surface area (Å²) in [6, 6.07) is 12.4. The van der Waals surface area contributed by atoms with Gasteiger partial charge in [-0.1, -0.05) is 30.7 Å². The molecule has 2 aromatic rings. The zero-order valence-corrected chi connectivity index (χ0v) is 16.4. The van der Waals surface area contributed by atoms with Crippen molar-refractivity contribution in [3.8, 4) is 11.3 Å². The van der Waals surface area contributed by atoms with Crippen LogP contribution in [0, 0.1) is 0 Å². The fourth-order valence-corrected chi connectivity index (χ4v) is 4.02. The summed E-state index contributed by atoms with van der Waals surface area (Å²) in [5.74, 6) is -0.0529. The van der Waals surface area contributed by atoms with E-state index in [4.69, 9.17) is 5.73 Å². The standard InChI is InChI=1S/C22H29N5O/c23-19-10-14-27(15-11-19)22(28)21-9-8-20(24-25-21)18-6-4-17(5-7-18)16-26-12-2-1-3-13-26/h4-9,19H,1-3,10-16,23H2. The summed E-state index contributed by atoms with van der Waals surface area (Å²) in [4.78, 5) is 16.9. The minimum atomic E-state index is -0.0529. The first kappa shape index (κ1) is 19.0. The summed E-state index contributed by atoms with van der Waals surface area (Å²) in [6.45, 7) is 4.81. The van der Waals surface area contributed by atoms with Gasteiger partial charge in [0.25, 0.3) is 5.91 Å². The summed E-state index contributed by atoms with van der Waals surface area (Å²) in [7, 11) is 0. The maximum atomic E-state index is 12.6. The van der Waals surface area contributed by atoms with E-state index in [0.29, 0.717) is 18.8 Å². The number of nitrogens with zero attached hydrogens (tertiary/aromatic N) is 4. The number of rotatable bonds is 4. The van der Waals surface area contributed by atoms with Gasteiger partial charge in [-0.05, 0) is 56.5 Å². The highest BCUT2D eigenvalue weighted by Gasteiger charge is 2.22.